The fourth-order valence-electron chi connectivity index (χ4n) is 2.44. The molecule has 1 aromatic carbocycles. The van der Waals surface area contributed by atoms with Crippen molar-refractivity contribution in [2.75, 3.05) is 0 Å². The molecule has 16 heavy (non-hydrogen) atoms. The number of hydrogen-bond acceptors (Lipinski definition) is 2. The smallest absolute Gasteiger partial charge is 0.0969 e. The molecule has 0 saturated heterocycles. The van der Waals surface area contributed by atoms with Crippen molar-refractivity contribution in [1.29, 1.82) is 0 Å². The monoisotopic (exact) mass is 251 g/mol. The van der Waals surface area contributed by atoms with E-state index in [1.165, 1.54) is 41.8 Å². The molecule has 1 fully saturated rings. The summed E-state index contributed by atoms with van der Waals surface area (Å²) in [5.74, 6) is 0.699. The van der Waals surface area contributed by atoms with Gasteiger partial charge in [-0.2, -0.15) is 0 Å². The summed E-state index contributed by atoms with van der Waals surface area (Å²) in [7, 11) is 0. The summed E-state index contributed by atoms with van der Waals surface area (Å²) >= 11 is 7.82. The van der Waals surface area contributed by atoms with Crippen LogP contribution in [0.15, 0.2) is 18.2 Å². The minimum absolute atomic E-state index is 0.699. The maximum absolute atomic E-state index is 5.98. The Morgan fingerprint density at radius 1 is 1.19 bits per heavy atom. The molecule has 0 N–H and O–H groups in total. The van der Waals surface area contributed by atoms with Crippen LogP contribution >= 0.6 is 22.9 Å². The molecule has 0 bridgehead atoms. The molecule has 3 rings (SSSR count). The van der Waals surface area contributed by atoms with E-state index >= 15 is 0 Å². The molecule has 1 heterocycles. The van der Waals surface area contributed by atoms with E-state index in [1.54, 1.807) is 0 Å². The highest BCUT2D eigenvalue weighted by Crippen LogP contribution is 2.37. The first kappa shape index (κ1) is 10.5. The van der Waals surface area contributed by atoms with E-state index in [1.807, 2.05) is 23.5 Å². The zero-order chi connectivity index (χ0) is 11.0. The Hall–Kier alpha value is -0.600. The van der Waals surface area contributed by atoms with Crippen LogP contribution in [0.2, 0.25) is 5.02 Å². The third-order valence-electron chi connectivity index (χ3n) is 3.32. The van der Waals surface area contributed by atoms with Gasteiger partial charge < -0.3 is 0 Å². The lowest BCUT2D eigenvalue weighted by Crippen LogP contribution is -2.03. The lowest BCUT2D eigenvalue weighted by Gasteiger charge is -2.18. The van der Waals surface area contributed by atoms with Crippen molar-refractivity contribution >= 4 is 33.2 Å². The number of benzene rings is 1. The number of halogens is 1. The third-order valence-corrected chi connectivity index (χ3v) is 4.75. The van der Waals surface area contributed by atoms with Crippen molar-refractivity contribution in [1.82, 2.24) is 4.98 Å². The van der Waals surface area contributed by atoms with E-state index in [0.717, 1.165) is 10.5 Å². The number of rotatable bonds is 1. The summed E-state index contributed by atoms with van der Waals surface area (Å²) in [6, 6.07) is 6.01. The summed E-state index contributed by atoms with van der Waals surface area (Å²) in [6.45, 7) is 0. The molecule has 3 heteroatoms. The molecule has 0 amide bonds. The maximum atomic E-state index is 5.98. The van der Waals surface area contributed by atoms with Crippen LogP contribution in [0, 0.1) is 0 Å². The quantitative estimate of drug-likeness (QED) is 0.695. The number of aromatic nitrogens is 1. The fraction of sp³-hybridized carbons (Fsp3) is 0.462. The van der Waals surface area contributed by atoms with Crippen LogP contribution in [-0.4, -0.2) is 4.98 Å². The summed E-state index contributed by atoms with van der Waals surface area (Å²) in [5.41, 5.74) is 1.07. The van der Waals surface area contributed by atoms with Gasteiger partial charge in [0.2, 0.25) is 0 Å². The first-order valence-electron chi connectivity index (χ1n) is 5.89. The van der Waals surface area contributed by atoms with E-state index in [4.69, 9.17) is 16.6 Å². The number of fused-ring (bicyclic) bond motifs is 1. The Morgan fingerprint density at radius 2 is 2.00 bits per heavy atom. The highest BCUT2D eigenvalue weighted by Gasteiger charge is 2.19. The van der Waals surface area contributed by atoms with Gasteiger partial charge in [-0.25, -0.2) is 4.98 Å². The van der Waals surface area contributed by atoms with Gasteiger partial charge in [-0.05, 0) is 31.0 Å². The molecular weight excluding hydrogens is 238 g/mol. The van der Waals surface area contributed by atoms with Gasteiger partial charge in [0.25, 0.3) is 0 Å². The largest absolute Gasteiger partial charge is 0.241 e. The summed E-state index contributed by atoms with van der Waals surface area (Å²) in [4.78, 5) is 4.73. The summed E-state index contributed by atoms with van der Waals surface area (Å²) in [5, 5.41) is 2.10. The minimum Gasteiger partial charge on any atom is -0.241 e. The predicted octanol–water partition coefficient (Wildman–Crippen LogP) is 5.00. The Kier molecular flexibility index (Phi) is 2.86. The first-order chi connectivity index (χ1) is 7.83. The fourth-order valence-corrected chi connectivity index (χ4v) is 3.73. The lowest BCUT2D eigenvalue weighted by atomic mass is 9.90. The summed E-state index contributed by atoms with van der Waals surface area (Å²) in [6.07, 6.45) is 6.75. The summed E-state index contributed by atoms with van der Waals surface area (Å²) < 4.78 is 1.27. The number of hydrogen-bond donors (Lipinski definition) is 0. The zero-order valence-electron chi connectivity index (χ0n) is 9.08. The van der Waals surface area contributed by atoms with Crippen LogP contribution in [0.25, 0.3) is 10.2 Å². The van der Waals surface area contributed by atoms with E-state index in [9.17, 15) is 0 Å². The van der Waals surface area contributed by atoms with E-state index < -0.39 is 0 Å². The van der Waals surface area contributed by atoms with Crippen LogP contribution in [0.1, 0.15) is 43.0 Å². The van der Waals surface area contributed by atoms with Gasteiger partial charge in [0, 0.05) is 10.9 Å². The van der Waals surface area contributed by atoms with Gasteiger partial charge in [-0.1, -0.05) is 30.9 Å². The van der Waals surface area contributed by atoms with Gasteiger partial charge in [0.05, 0.1) is 15.2 Å². The van der Waals surface area contributed by atoms with Gasteiger partial charge in [0.15, 0.2) is 0 Å². The highest BCUT2D eigenvalue weighted by atomic mass is 35.5. The topological polar surface area (TPSA) is 12.9 Å². The molecule has 0 unspecified atom stereocenters. The van der Waals surface area contributed by atoms with E-state index in [0.29, 0.717) is 5.92 Å². The van der Waals surface area contributed by atoms with Crippen molar-refractivity contribution in [2.45, 2.75) is 38.0 Å². The standard InChI is InChI=1S/C13H14ClNS/c14-10-6-7-12-11(8-10)15-13(16-12)9-4-2-1-3-5-9/h6-9H,1-5H2. The van der Waals surface area contributed by atoms with Crippen LogP contribution in [0.3, 0.4) is 0 Å². The Morgan fingerprint density at radius 3 is 2.81 bits per heavy atom. The van der Waals surface area contributed by atoms with Gasteiger partial charge in [-0.15, -0.1) is 11.3 Å². The van der Waals surface area contributed by atoms with Crippen molar-refractivity contribution in [3.8, 4) is 0 Å². The molecule has 84 valence electrons. The second-order valence-electron chi connectivity index (χ2n) is 4.50. The SMILES string of the molecule is Clc1ccc2sc(C3CCCCC3)nc2c1. The Bertz CT molecular complexity index is 500. The third kappa shape index (κ3) is 1.96. The highest BCUT2D eigenvalue weighted by molar-refractivity contribution is 7.18. The molecular formula is C13H14ClNS. The molecule has 0 spiro atoms. The van der Waals surface area contributed by atoms with E-state index in [2.05, 4.69) is 6.07 Å². The Balaban J connectivity index is 1.97. The average molecular weight is 252 g/mol. The van der Waals surface area contributed by atoms with Crippen molar-refractivity contribution in [3.63, 3.8) is 0 Å². The molecule has 1 aliphatic rings. The second-order valence-corrected chi connectivity index (χ2v) is 6.00. The zero-order valence-corrected chi connectivity index (χ0v) is 10.7. The van der Waals surface area contributed by atoms with Gasteiger partial charge in [0.1, 0.15) is 0 Å². The normalized spacial score (nSPS) is 18.1. The molecule has 1 aromatic heterocycles. The molecule has 1 aliphatic carbocycles. The van der Waals surface area contributed by atoms with E-state index in [-0.39, 0.29) is 0 Å². The molecule has 0 aliphatic heterocycles. The van der Waals surface area contributed by atoms with Crippen LogP contribution in [0.4, 0.5) is 0 Å². The van der Waals surface area contributed by atoms with Crippen LogP contribution < -0.4 is 0 Å². The Labute approximate surface area is 104 Å². The van der Waals surface area contributed by atoms with Crippen LogP contribution in [0.5, 0.6) is 0 Å². The van der Waals surface area contributed by atoms with Gasteiger partial charge >= 0.3 is 0 Å². The molecule has 0 atom stereocenters. The molecule has 2 aromatic rings. The molecule has 1 nitrogen and oxygen atoms in total. The number of nitrogens with zero attached hydrogens (tertiary/aromatic N) is 1. The predicted molar refractivity (Wildman–Crippen MR) is 70.5 cm³/mol. The number of thiazole rings is 1. The molecule has 1 saturated carbocycles. The second kappa shape index (κ2) is 4.34. The maximum Gasteiger partial charge on any atom is 0.0969 e. The van der Waals surface area contributed by atoms with Crippen LogP contribution in [-0.2, 0) is 0 Å². The first-order valence-corrected chi connectivity index (χ1v) is 7.08. The van der Waals surface area contributed by atoms with Gasteiger partial charge in [-0.3, -0.25) is 0 Å². The lowest BCUT2D eigenvalue weighted by molar-refractivity contribution is 0.443. The minimum atomic E-state index is 0.699. The van der Waals surface area contributed by atoms with Crippen molar-refractivity contribution in [2.24, 2.45) is 0 Å². The molecule has 0 radical (unpaired) electrons. The average Bonchev–Trinajstić information content (AvgIpc) is 2.73. The van der Waals surface area contributed by atoms with Crippen molar-refractivity contribution in [3.05, 3.63) is 28.2 Å². The van der Waals surface area contributed by atoms with Crippen molar-refractivity contribution < 1.29 is 0 Å².